The van der Waals surface area contributed by atoms with Crippen molar-refractivity contribution in [1.82, 2.24) is 19.7 Å². The molecule has 0 atom stereocenters. The lowest BCUT2D eigenvalue weighted by atomic mass is 10.3. The Kier molecular flexibility index (Phi) is 6.87. The molecule has 0 spiro atoms. The first kappa shape index (κ1) is 21.3. The van der Waals surface area contributed by atoms with E-state index in [4.69, 9.17) is 9.72 Å². The van der Waals surface area contributed by atoms with Crippen LogP contribution in [0.15, 0.2) is 24.3 Å². The lowest BCUT2D eigenvalue weighted by Crippen LogP contribution is -2.39. The number of hydrogen-bond donors (Lipinski definition) is 0. The van der Waals surface area contributed by atoms with Crippen LogP contribution in [-0.4, -0.2) is 58.9 Å². The number of aromatic nitrogens is 3. The minimum atomic E-state index is -0.0716. The third-order valence-electron chi connectivity index (χ3n) is 5.02. The van der Waals surface area contributed by atoms with Crippen LogP contribution in [0.5, 0.6) is 5.75 Å². The number of benzene rings is 1. The van der Waals surface area contributed by atoms with Gasteiger partial charge in [0.1, 0.15) is 17.0 Å². The fraction of sp³-hybridized carbons (Fsp3) is 0.476. The van der Waals surface area contributed by atoms with Crippen LogP contribution in [0, 0.1) is 6.92 Å². The van der Waals surface area contributed by atoms with Crippen LogP contribution in [0.1, 0.15) is 37.0 Å². The van der Waals surface area contributed by atoms with Gasteiger partial charge in [-0.3, -0.25) is 14.4 Å². The van der Waals surface area contributed by atoms with Crippen molar-refractivity contribution >= 4 is 32.6 Å². The van der Waals surface area contributed by atoms with Crippen LogP contribution >= 0.6 is 11.3 Å². The van der Waals surface area contributed by atoms with Gasteiger partial charge in [0.05, 0.1) is 17.5 Å². The van der Waals surface area contributed by atoms with E-state index in [1.807, 2.05) is 38.1 Å². The fourth-order valence-corrected chi connectivity index (χ4v) is 4.36. The molecule has 0 N–H and O–H groups in total. The lowest BCUT2D eigenvalue weighted by Gasteiger charge is -2.24. The molecule has 2 heterocycles. The molecule has 0 saturated carbocycles. The Bertz CT molecular complexity index is 977. The maximum absolute atomic E-state index is 13.5. The number of carbonyl (C=O) groups is 1. The van der Waals surface area contributed by atoms with Gasteiger partial charge >= 0.3 is 0 Å². The molecule has 1 aromatic carbocycles. The summed E-state index contributed by atoms with van der Waals surface area (Å²) in [5.41, 5.74) is 2.22. The number of aryl methyl sites for hydroxylation is 2. The second-order valence-electron chi connectivity index (χ2n) is 6.77. The summed E-state index contributed by atoms with van der Waals surface area (Å²) in [5.74, 6) is 0.646. The normalized spacial score (nSPS) is 11.4. The van der Waals surface area contributed by atoms with Crippen molar-refractivity contribution in [3.05, 3.63) is 35.7 Å². The molecule has 7 nitrogen and oxygen atoms in total. The van der Waals surface area contributed by atoms with E-state index in [1.165, 1.54) is 11.3 Å². The van der Waals surface area contributed by atoms with E-state index in [2.05, 4.69) is 23.8 Å². The monoisotopic (exact) mass is 415 g/mol. The topological polar surface area (TPSA) is 63.5 Å². The van der Waals surface area contributed by atoms with Crippen molar-refractivity contribution in [2.24, 2.45) is 0 Å². The minimum absolute atomic E-state index is 0.0716. The predicted octanol–water partition coefficient (Wildman–Crippen LogP) is 3.82. The van der Waals surface area contributed by atoms with E-state index in [1.54, 1.807) is 16.7 Å². The highest BCUT2D eigenvalue weighted by Gasteiger charge is 2.25. The van der Waals surface area contributed by atoms with Crippen LogP contribution in [0.25, 0.3) is 10.2 Å². The molecule has 0 radical (unpaired) electrons. The van der Waals surface area contributed by atoms with E-state index >= 15 is 0 Å². The molecule has 156 valence electrons. The van der Waals surface area contributed by atoms with Gasteiger partial charge in [0.15, 0.2) is 5.13 Å². The quantitative estimate of drug-likeness (QED) is 0.532. The third-order valence-corrected chi connectivity index (χ3v) is 6.07. The maximum atomic E-state index is 13.5. The largest absolute Gasteiger partial charge is 0.494 e. The van der Waals surface area contributed by atoms with Crippen LogP contribution in [0.2, 0.25) is 0 Å². The molecule has 2 aromatic heterocycles. The number of ether oxygens (including phenoxy) is 1. The summed E-state index contributed by atoms with van der Waals surface area (Å²) in [4.78, 5) is 22.4. The average Bonchev–Trinajstić information content (AvgIpc) is 3.33. The number of likely N-dealkylation sites (N-methyl/N-ethyl adjacent to an activating group) is 1. The number of hydrogen-bond acceptors (Lipinski definition) is 6. The zero-order chi connectivity index (χ0) is 21.0. The molecule has 0 aliphatic heterocycles. The van der Waals surface area contributed by atoms with Gasteiger partial charge in [-0.05, 0) is 45.1 Å². The zero-order valence-electron chi connectivity index (χ0n) is 17.8. The number of anilines is 1. The van der Waals surface area contributed by atoms with Crippen LogP contribution in [0.4, 0.5) is 5.13 Å². The third kappa shape index (κ3) is 4.43. The number of carbonyl (C=O) groups excluding carboxylic acids is 1. The number of thiazole rings is 1. The molecule has 3 aromatic rings. The second-order valence-corrected chi connectivity index (χ2v) is 7.78. The Labute approximate surface area is 175 Å². The van der Waals surface area contributed by atoms with Crippen molar-refractivity contribution in [3.63, 3.8) is 0 Å². The number of rotatable bonds is 9. The van der Waals surface area contributed by atoms with Crippen molar-refractivity contribution < 1.29 is 9.53 Å². The number of nitrogens with zero attached hydrogens (tertiary/aromatic N) is 5. The summed E-state index contributed by atoms with van der Waals surface area (Å²) in [6, 6.07) is 7.70. The highest BCUT2D eigenvalue weighted by molar-refractivity contribution is 7.22. The van der Waals surface area contributed by atoms with E-state index < -0.39 is 0 Å². The molecule has 1 amide bonds. The summed E-state index contributed by atoms with van der Waals surface area (Å²) in [7, 11) is 1.64. The molecule has 29 heavy (non-hydrogen) atoms. The number of methoxy groups -OCH3 is 1. The average molecular weight is 416 g/mol. The Morgan fingerprint density at radius 2 is 1.97 bits per heavy atom. The predicted molar refractivity (Wildman–Crippen MR) is 118 cm³/mol. The Morgan fingerprint density at radius 3 is 2.62 bits per heavy atom. The molecule has 3 rings (SSSR count). The summed E-state index contributed by atoms with van der Waals surface area (Å²) < 4.78 is 8.22. The van der Waals surface area contributed by atoms with Crippen molar-refractivity contribution in [2.75, 3.05) is 38.2 Å². The summed E-state index contributed by atoms with van der Waals surface area (Å²) in [6.45, 7) is 12.0. The van der Waals surface area contributed by atoms with Crippen molar-refractivity contribution in [2.45, 2.75) is 34.2 Å². The number of amides is 1. The first-order chi connectivity index (χ1) is 14.0. The van der Waals surface area contributed by atoms with Crippen LogP contribution < -0.4 is 9.64 Å². The molecule has 0 aliphatic carbocycles. The van der Waals surface area contributed by atoms with Crippen molar-refractivity contribution in [3.8, 4) is 5.75 Å². The molecule has 8 heteroatoms. The van der Waals surface area contributed by atoms with Gasteiger partial charge in [-0.1, -0.05) is 31.3 Å². The maximum Gasteiger partial charge on any atom is 0.278 e. The highest BCUT2D eigenvalue weighted by Crippen LogP contribution is 2.34. The molecule has 0 fully saturated rings. The summed E-state index contributed by atoms with van der Waals surface area (Å²) in [6.07, 6.45) is 0. The first-order valence-electron chi connectivity index (χ1n) is 10.0. The summed E-state index contributed by atoms with van der Waals surface area (Å²) in [5, 5.41) is 5.13. The summed E-state index contributed by atoms with van der Waals surface area (Å²) >= 11 is 1.51. The standard InChI is InChI=1S/C21H29N5O2S/c1-6-24(7-2)12-13-25(20(27)16-14-15(4)23-26(16)8-3)21-22-19-17(28-5)10-9-11-18(19)29-21/h9-11,14H,6-8,12-13H2,1-5H3. The van der Waals surface area contributed by atoms with Gasteiger partial charge in [-0.15, -0.1) is 0 Å². The van der Waals surface area contributed by atoms with E-state index in [0.29, 0.717) is 23.9 Å². The Balaban J connectivity index is 2.02. The number of fused-ring (bicyclic) bond motifs is 1. The number of para-hydroxylation sites is 1. The van der Waals surface area contributed by atoms with Gasteiger partial charge < -0.3 is 9.64 Å². The molecular formula is C21H29N5O2S. The fourth-order valence-electron chi connectivity index (χ4n) is 3.35. The molecule has 0 bridgehead atoms. The molecular weight excluding hydrogens is 386 g/mol. The molecule has 0 aliphatic rings. The smallest absolute Gasteiger partial charge is 0.278 e. The second kappa shape index (κ2) is 9.37. The minimum Gasteiger partial charge on any atom is -0.494 e. The van der Waals surface area contributed by atoms with Crippen LogP contribution in [-0.2, 0) is 6.54 Å². The van der Waals surface area contributed by atoms with Crippen LogP contribution in [0.3, 0.4) is 0 Å². The molecule has 0 saturated heterocycles. The Hall–Kier alpha value is -2.45. The van der Waals surface area contributed by atoms with Gasteiger partial charge in [0.25, 0.3) is 5.91 Å². The zero-order valence-corrected chi connectivity index (χ0v) is 18.6. The first-order valence-corrected chi connectivity index (χ1v) is 10.9. The van der Waals surface area contributed by atoms with E-state index in [9.17, 15) is 4.79 Å². The van der Waals surface area contributed by atoms with Gasteiger partial charge in [0, 0.05) is 19.6 Å². The van der Waals surface area contributed by atoms with E-state index in [-0.39, 0.29) is 5.91 Å². The molecule has 0 unspecified atom stereocenters. The van der Waals surface area contributed by atoms with Gasteiger partial charge in [-0.25, -0.2) is 4.98 Å². The van der Waals surface area contributed by atoms with Gasteiger partial charge in [-0.2, -0.15) is 5.10 Å². The Morgan fingerprint density at radius 1 is 1.21 bits per heavy atom. The highest BCUT2D eigenvalue weighted by atomic mass is 32.1. The lowest BCUT2D eigenvalue weighted by molar-refractivity contribution is 0.0973. The SMILES string of the molecule is CCN(CC)CCN(C(=O)c1cc(C)nn1CC)c1nc2c(OC)cccc2s1. The van der Waals surface area contributed by atoms with E-state index in [0.717, 1.165) is 41.3 Å². The van der Waals surface area contributed by atoms with Crippen molar-refractivity contribution in [1.29, 1.82) is 0 Å². The van der Waals surface area contributed by atoms with Gasteiger partial charge in [0.2, 0.25) is 0 Å².